The molecule has 1 N–H and O–H groups in total. The van der Waals surface area contributed by atoms with Crippen LogP contribution in [-0.4, -0.2) is 21.6 Å². The van der Waals surface area contributed by atoms with E-state index >= 15 is 0 Å². The molecule has 0 aliphatic heterocycles. The van der Waals surface area contributed by atoms with E-state index in [9.17, 15) is 9.59 Å². The van der Waals surface area contributed by atoms with Crippen molar-refractivity contribution in [1.29, 1.82) is 0 Å². The van der Waals surface area contributed by atoms with E-state index in [0.717, 1.165) is 29.8 Å². The number of halogens is 1. The summed E-state index contributed by atoms with van der Waals surface area (Å²) in [5.41, 5.74) is 0.854. The highest BCUT2D eigenvalue weighted by atomic mass is 79.9. The minimum absolute atomic E-state index is 0.0322. The van der Waals surface area contributed by atoms with Gasteiger partial charge in [-0.1, -0.05) is 20.8 Å². The number of nitrogens with zero attached hydrogens (tertiary/aromatic N) is 2. The zero-order valence-corrected chi connectivity index (χ0v) is 19.7. The van der Waals surface area contributed by atoms with Crippen LogP contribution in [0.4, 0.5) is 5.69 Å². The van der Waals surface area contributed by atoms with Crippen molar-refractivity contribution in [1.82, 2.24) is 9.78 Å². The lowest BCUT2D eigenvalue weighted by Gasteiger charge is -2.62. The fraction of sp³-hybridized carbons (Fsp3) is 0.609. The number of ketones is 1. The van der Waals surface area contributed by atoms with Crippen LogP contribution in [0, 0.1) is 30.1 Å². The molecule has 2 aromatic heterocycles. The number of nitrogens with one attached hydrogen (secondary N) is 1. The lowest BCUT2D eigenvalue weighted by atomic mass is 9.45. The van der Waals surface area contributed by atoms with Crippen molar-refractivity contribution in [2.24, 2.45) is 23.2 Å². The molecule has 3 saturated carbocycles. The van der Waals surface area contributed by atoms with Gasteiger partial charge in [0.15, 0.2) is 5.78 Å². The number of carbonyl (C=O) groups excluding carboxylic acids is 1. The Morgan fingerprint density at radius 3 is 2.77 bits per heavy atom. The molecule has 6 nitrogen and oxygen atoms in total. The maximum absolute atomic E-state index is 12.7. The molecule has 0 unspecified atom stereocenters. The highest BCUT2D eigenvalue weighted by molar-refractivity contribution is 9.10. The van der Waals surface area contributed by atoms with E-state index in [1.54, 1.807) is 6.20 Å². The van der Waals surface area contributed by atoms with Crippen molar-refractivity contribution in [2.45, 2.75) is 66.0 Å². The van der Waals surface area contributed by atoms with Gasteiger partial charge in [-0.2, -0.15) is 5.10 Å². The van der Waals surface area contributed by atoms with Gasteiger partial charge < -0.3 is 9.73 Å². The zero-order valence-electron chi connectivity index (χ0n) is 18.1. The summed E-state index contributed by atoms with van der Waals surface area (Å²) in [6, 6.07) is 4.10. The maximum Gasteiger partial charge on any atom is 0.283 e. The second kappa shape index (κ2) is 7.98. The molecule has 0 spiro atoms. The first-order valence-corrected chi connectivity index (χ1v) is 11.5. The van der Waals surface area contributed by atoms with Crippen LogP contribution in [0.3, 0.4) is 0 Å². The van der Waals surface area contributed by atoms with Gasteiger partial charge in [0.1, 0.15) is 22.5 Å². The molecule has 0 radical (unpaired) electrons. The van der Waals surface area contributed by atoms with Crippen LogP contribution in [-0.2, 0) is 17.8 Å². The number of hydrogen-bond acceptors (Lipinski definition) is 5. The molecule has 7 heteroatoms. The summed E-state index contributed by atoms with van der Waals surface area (Å²) in [5, 5.41) is 7.80. The van der Waals surface area contributed by atoms with Gasteiger partial charge in [0, 0.05) is 18.9 Å². The summed E-state index contributed by atoms with van der Waals surface area (Å²) in [7, 11) is 0. The molecular formula is C23H30BrN3O3. The van der Waals surface area contributed by atoms with Crippen LogP contribution in [0.5, 0.6) is 0 Å². The molecule has 4 atom stereocenters. The van der Waals surface area contributed by atoms with E-state index in [1.807, 2.05) is 19.1 Å². The topological polar surface area (TPSA) is 77.1 Å². The van der Waals surface area contributed by atoms with Crippen molar-refractivity contribution in [3.63, 3.8) is 0 Å². The van der Waals surface area contributed by atoms with E-state index in [0.29, 0.717) is 40.4 Å². The number of hydrogen-bond donors (Lipinski definition) is 1. The van der Waals surface area contributed by atoms with Gasteiger partial charge in [0.25, 0.3) is 5.56 Å². The summed E-state index contributed by atoms with van der Waals surface area (Å²) in [6.07, 6.45) is 4.93. The third-order valence-corrected chi connectivity index (χ3v) is 8.22. The summed E-state index contributed by atoms with van der Waals surface area (Å²) in [5.74, 6) is 3.57. The summed E-state index contributed by atoms with van der Waals surface area (Å²) in [6.45, 7) is 8.90. The molecule has 2 aromatic rings. The highest BCUT2D eigenvalue weighted by Gasteiger charge is 2.56. The summed E-state index contributed by atoms with van der Waals surface area (Å²) < 4.78 is 7.17. The van der Waals surface area contributed by atoms with Gasteiger partial charge >= 0.3 is 0 Å². The van der Waals surface area contributed by atoms with Crippen molar-refractivity contribution in [3.8, 4) is 0 Å². The number of fused-ring (bicyclic) bond motifs is 2. The smallest absolute Gasteiger partial charge is 0.283 e. The average Bonchev–Trinajstić information content (AvgIpc) is 3.12. The van der Waals surface area contributed by atoms with Crippen molar-refractivity contribution in [2.75, 3.05) is 5.32 Å². The van der Waals surface area contributed by atoms with Crippen LogP contribution < -0.4 is 10.9 Å². The first kappa shape index (κ1) is 21.3. The predicted octanol–water partition coefficient (Wildman–Crippen LogP) is 4.59. The van der Waals surface area contributed by atoms with Gasteiger partial charge in [-0.15, -0.1) is 0 Å². The fourth-order valence-corrected chi connectivity index (χ4v) is 5.77. The largest absolute Gasteiger partial charge is 0.466 e. The summed E-state index contributed by atoms with van der Waals surface area (Å²) >= 11 is 3.43. The number of carbonyl (C=O) groups is 1. The molecule has 2 heterocycles. The minimum atomic E-state index is -0.281. The van der Waals surface area contributed by atoms with Gasteiger partial charge in [0.05, 0.1) is 11.9 Å². The average molecular weight is 476 g/mol. The monoisotopic (exact) mass is 475 g/mol. The third kappa shape index (κ3) is 3.88. The van der Waals surface area contributed by atoms with Crippen molar-refractivity contribution >= 4 is 27.4 Å². The summed E-state index contributed by atoms with van der Waals surface area (Å²) in [4.78, 5) is 25.1. The number of rotatable bonds is 7. The Balaban J connectivity index is 1.39. The van der Waals surface area contributed by atoms with Crippen molar-refractivity contribution < 1.29 is 9.21 Å². The Morgan fingerprint density at radius 1 is 1.37 bits per heavy atom. The third-order valence-electron chi connectivity index (χ3n) is 7.45. The van der Waals surface area contributed by atoms with Gasteiger partial charge in [0.2, 0.25) is 0 Å². The van der Waals surface area contributed by atoms with E-state index < -0.39 is 0 Å². The van der Waals surface area contributed by atoms with Crippen LogP contribution >= 0.6 is 15.9 Å². The van der Waals surface area contributed by atoms with Crippen LogP contribution in [0.2, 0.25) is 0 Å². The number of aromatic nitrogens is 2. The molecule has 0 aromatic carbocycles. The Bertz CT molecular complexity index is 1010. The second-order valence-electron chi connectivity index (χ2n) is 9.59. The molecule has 162 valence electrons. The lowest BCUT2D eigenvalue weighted by Crippen LogP contribution is -2.58. The van der Waals surface area contributed by atoms with Crippen LogP contribution in [0.15, 0.2) is 32.0 Å². The SMILES string of the molecule is Cc1ccc(CCC(=O)Cn2ncc(N[C@@H]3C[C@@H]4C[C@H]([C@H]3C)C4(C)C)c(Br)c2=O)o1. The molecule has 0 amide bonds. The van der Waals surface area contributed by atoms with Crippen LogP contribution in [0.1, 0.15) is 51.6 Å². The minimum Gasteiger partial charge on any atom is -0.466 e. The fourth-order valence-electron chi connectivity index (χ4n) is 5.35. The Hall–Kier alpha value is -1.89. The molecular weight excluding hydrogens is 446 g/mol. The molecule has 2 bridgehead atoms. The molecule has 5 rings (SSSR count). The van der Waals surface area contributed by atoms with Gasteiger partial charge in [-0.05, 0) is 71.0 Å². The van der Waals surface area contributed by atoms with E-state index in [4.69, 9.17) is 4.42 Å². The number of anilines is 1. The van der Waals surface area contributed by atoms with E-state index in [1.165, 1.54) is 11.1 Å². The number of furan rings is 1. The molecule has 3 aliphatic carbocycles. The quantitative estimate of drug-likeness (QED) is 0.633. The molecule has 3 fully saturated rings. The van der Waals surface area contributed by atoms with Gasteiger partial charge in [-0.25, -0.2) is 4.68 Å². The van der Waals surface area contributed by atoms with E-state index in [2.05, 4.69) is 47.1 Å². The molecule has 30 heavy (non-hydrogen) atoms. The standard InChI is InChI=1S/C23H30BrN3O3/c1-13-5-7-17(30-13)8-6-16(28)12-27-22(29)21(24)20(11-25-27)26-19-10-15-9-18(14(19)2)23(15,3)4/h5,7,11,14-15,18-19,26H,6,8-10,12H2,1-4H3/t14-,15+,18-,19-/m1/s1. The Labute approximate surface area is 185 Å². The predicted molar refractivity (Wildman–Crippen MR) is 120 cm³/mol. The zero-order chi connectivity index (χ0) is 21.6. The van der Waals surface area contributed by atoms with Crippen molar-refractivity contribution in [3.05, 3.63) is 44.7 Å². The van der Waals surface area contributed by atoms with E-state index in [-0.39, 0.29) is 17.9 Å². The highest BCUT2D eigenvalue weighted by Crippen LogP contribution is 2.61. The number of Topliss-reactive ketones (excluding diaryl/α,β-unsaturated/α-hetero) is 1. The first-order valence-electron chi connectivity index (χ1n) is 10.8. The normalized spacial score (nSPS) is 26.8. The molecule has 3 aliphatic rings. The Morgan fingerprint density at radius 2 is 2.13 bits per heavy atom. The number of aryl methyl sites for hydroxylation is 2. The first-order chi connectivity index (χ1) is 14.2. The Kier molecular flexibility index (Phi) is 5.68. The second-order valence-corrected chi connectivity index (χ2v) is 10.4. The maximum atomic E-state index is 12.7. The van der Waals surface area contributed by atoms with Gasteiger partial charge in [-0.3, -0.25) is 9.59 Å². The lowest BCUT2D eigenvalue weighted by molar-refractivity contribution is -0.119. The molecule has 0 saturated heterocycles. The van der Waals surface area contributed by atoms with Crippen LogP contribution in [0.25, 0.3) is 0 Å².